The Hall–Kier alpha value is -3.35. The Kier molecular flexibility index (Phi) is 5.17. The predicted molar refractivity (Wildman–Crippen MR) is 97.8 cm³/mol. The summed E-state index contributed by atoms with van der Waals surface area (Å²) in [6.07, 6.45) is 0. The molecule has 26 heavy (non-hydrogen) atoms. The van der Waals surface area contributed by atoms with Gasteiger partial charge in [-0.2, -0.15) is 5.10 Å². The summed E-state index contributed by atoms with van der Waals surface area (Å²) in [6, 6.07) is 14.1. The fourth-order valence-corrected chi connectivity index (χ4v) is 2.53. The molecule has 3 aromatic rings. The van der Waals surface area contributed by atoms with Crippen molar-refractivity contribution in [3.63, 3.8) is 0 Å². The minimum atomic E-state index is -0.317. The van der Waals surface area contributed by atoms with Gasteiger partial charge in [0.05, 0.1) is 19.0 Å². The molecule has 0 aliphatic carbocycles. The highest BCUT2D eigenvalue weighted by Crippen LogP contribution is 2.17. The summed E-state index contributed by atoms with van der Waals surface area (Å²) in [5.74, 6) is 1.16. The number of nitrogens with zero attached hydrogens (tertiary/aromatic N) is 2. The highest BCUT2D eigenvalue weighted by molar-refractivity contribution is 6.04. The Morgan fingerprint density at radius 2 is 1.73 bits per heavy atom. The van der Waals surface area contributed by atoms with Gasteiger partial charge in [-0.05, 0) is 30.3 Å². The van der Waals surface area contributed by atoms with Crippen LogP contribution in [-0.2, 0) is 0 Å². The van der Waals surface area contributed by atoms with Crippen LogP contribution in [0.15, 0.2) is 53.3 Å². The summed E-state index contributed by atoms with van der Waals surface area (Å²) < 4.78 is 10.7. The van der Waals surface area contributed by atoms with Crippen LogP contribution in [0.2, 0.25) is 0 Å². The first kappa shape index (κ1) is 17.5. The zero-order valence-corrected chi connectivity index (χ0v) is 14.6. The monoisotopic (exact) mass is 353 g/mol. The third kappa shape index (κ3) is 3.66. The number of nitrogens with one attached hydrogen (secondary N) is 1. The number of aromatic amines is 1. The van der Waals surface area contributed by atoms with E-state index in [1.807, 2.05) is 0 Å². The standard InChI is InChI=1S/C19H19N3O4/c1-22(11-12-26-14-9-7-13(25-2)8-10-14)19(24)17-15-5-3-4-6-16(15)18(23)21-20-17/h3-10H,11-12H2,1-2H3,(H,21,23). The Morgan fingerprint density at radius 1 is 1.08 bits per heavy atom. The van der Waals surface area contributed by atoms with E-state index in [0.29, 0.717) is 29.7 Å². The van der Waals surface area contributed by atoms with Crippen LogP contribution in [0.1, 0.15) is 10.5 Å². The number of aromatic nitrogens is 2. The number of hydrogen-bond acceptors (Lipinski definition) is 5. The van der Waals surface area contributed by atoms with Crippen molar-refractivity contribution < 1.29 is 14.3 Å². The van der Waals surface area contributed by atoms with Gasteiger partial charge in [0.1, 0.15) is 18.1 Å². The van der Waals surface area contributed by atoms with Gasteiger partial charge in [0.25, 0.3) is 11.5 Å². The quantitative estimate of drug-likeness (QED) is 0.733. The highest BCUT2D eigenvalue weighted by atomic mass is 16.5. The second-order valence-electron chi connectivity index (χ2n) is 5.70. The van der Waals surface area contributed by atoms with E-state index < -0.39 is 0 Å². The average molecular weight is 353 g/mol. The first-order valence-electron chi connectivity index (χ1n) is 8.10. The molecule has 0 saturated heterocycles. The first-order chi connectivity index (χ1) is 12.6. The molecular weight excluding hydrogens is 334 g/mol. The van der Waals surface area contributed by atoms with Crippen molar-refractivity contribution in [1.82, 2.24) is 15.1 Å². The fourth-order valence-electron chi connectivity index (χ4n) is 2.53. The van der Waals surface area contributed by atoms with E-state index in [1.165, 1.54) is 4.90 Å². The van der Waals surface area contributed by atoms with Gasteiger partial charge in [-0.25, -0.2) is 5.10 Å². The topological polar surface area (TPSA) is 84.5 Å². The Labute approximate surface area is 150 Å². The van der Waals surface area contributed by atoms with Crippen LogP contribution in [0.5, 0.6) is 11.5 Å². The van der Waals surface area contributed by atoms with Gasteiger partial charge in [0.2, 0.25) is 0 Å². The molecule has 1 N–H and O–H groups in total. The lowest BCUT2D eigenvalue weighted by molar-refractivity contribution is 0.0769. The average Bonchev–Trinajstić information content (AvgIpc) is 2.68. The number of carbonyl (C=O) groups is 1. The number of H-pyrrole nitrogens is 1. The third-order valence-corrected chi connectivity index (χ3v) is 4.00. The van der Waals surface area contributed by atoms with Crippen molar-refractivity contribution in [2.45, 2.75) is 0 Å². The predicted octanol–water partition coefficient (Wildman–Crippen LogP) is 2.08. The number of rotatable bonds is 6. The van der Waals surface area contributed by atoms with Gasteiger partial charge in [-0.3, -0.25) is 9.59 Å². The molecule has 2 aromatic carbocycles. The van der Waals surface area contributed by atoms with E-state index in [1.54, 1.807) is 62.7 Å². The molecule has 0 bridgehead atoms. The molecule has 1 amide bonds. The van der Waals surface area contributed by atoms with Crippen molar-refractivity contribution in [1.29, 1.82) is 0 Å². The Morgan fingerprint density at radius 3 is 2.42 bits per heavy atom. The summed E-state index contributed by atoms with van der Waals surface area (Å²) in [4.78, 5) is 26.0. The van der Waals surface area contributed by atoms with Crippen LogP contribution < -0.4 is 15.0 Å². The van der Waals surface area contributed by atoms with Gasteiger partial charge in [-0.1, -0.05) is 18.2 Å². The number of carbonyl (C=O) groups excluding carboxylic acids is 1. The minimum absolute atomic E-state index is 0.215. The van der Waals surface area contributed by atoms with Crippen molar-refractivity contribution in [3.05, 3.63) is 64.6 Å². The maximum atomic E-state index is 12.7. The van der Waals surface area contributed by atoms with Gasteiger partial charge in [0, 0.05) is 12.4 Å². The molecule has 0 spiro atoms. The number of amides is 1. The summed E-state index contributed by atoms with van der Waals surface area (Å²) in [5.41, 5.74) is -0.102. The number of benzene rings is 2. The second kappa shape index (κ2) is 7.69. The summed E-state index contributed by atoms with van der Waals surface area (Å²) in [6.45, 7) is 0.704. The molecule has 0 atom stereocenters. The zero-order valence-electron chi connectivity index (χ0n) is 14.6. The lowest BCUT2D eigenvalue weighted by atomic mass is 10.1. The van der Waals surface area contributed by atoms with Crippen LogP contribution in [0.4, 0.5) is 0 Å². The molecule has 0 aliphatic rings. The summed E-state index contributed by atoms with van der Waals surface area (Å²) in [7, 11) is 3.27. The Balaban J connectivity index is 1.66. The minimum Gasteiger partial charge on any atom is -0.497 e. The van der Waals surface area contributed by atoms with Crippen molar-refractivity contribution in [3.8, 4) is 11.5 Å². The number of ether oxygens (including phenoxy) is 2. The molecule has 0 radical (unpaired) electrons. The molecule has 0 unspecified atom stereocenters. The van der Waals surface area contributed by atoms with Crippen LogP contribution in [0.25, 0.3) is 10.8 Å². The summed E-state index contributed by atoms with van der Waals surface area (Å²) >= 11 is 0. The largest absolute Gasteiger partial charge is 0.497 e. The van der Waals surface area contributed by atoms with Gasteiger partial charge in [0.15, 0.2) is 5.69 Å². The van der Waals surface area contributed by atoms with Crippen LogP contribution in [0, 0.1) is 0 Å². The molecule has 134 valence electrons. The molecule has 7 nitrogen and oxygen atoms in total. The number of methoxy groups -OCH3 is 1. The maximum absolute atomic E-state index is 12.7. The normalized spacial score (nSPS) is 10.5. The molecular formula is C19H19N3O4. The van der Waals surface area contributed by atoms with Crippen molar-refractivity contribution >= 4 is 16.7 Å². The number of hydrogen-bond donors (Lipinski definition) is 1. The fraction of sp³-hybridized carbons (Fsp3) is 0.211. The van der Waals surface area contributed by atoms with Crippen LogP contribution >= 0.6 is 0 Å². The third-order valence-electron chi connectivity index (χ3n) is 4.00. The first-order valence-corrected chi connectivity index (χ1v) is 8.10. The van der Waals surface area contributed by atoms with E-state index in [4.69, 9.17) is 9.47 Å². The lowest BCUT2D eigenvalue weighted by Gasteiger charge is -2.17. The summed E-state index contributed by atoms with van der Waals surface area (Å²) in [5, 5.41) is 7.27. The van der Waals surface area contributed by atoms with Crippen LogP contribution in [-0.4, -0.2) is 48.3 Å². The lowest BCUT2D eigenvalue weighted by Crippen LogP contribution is -2.32. The van der Waals surface area contributed by atoms with E-state index >= 15 is 0 Å². The second-order valence-corrected chi connectivity index (χ2v) is 5.70. The molecule has 3 rings (SSSR count). The molecule has 1 aromatic heterocycles. The number of fused-ring (bicyclic) bond motifs is 1. The van der Waals surface area contributed by atoms with Gasteiger partial charge >= 0.3 is 0 Å². The van der Waals surface area contributed by atoms with Crippen LogP contribution in [0.3, 0.4) is 0 Å². The zero-order chi connectivity index (χ0) is 18.5. The van der Waals surface area contributed by atoms with Gasteiger partial charge < -0.3 is 14.4 Å². The highest BCUT2D eigenvalue weighted by Gasteiger charge is 2.17. The molecule has 0 fully saturated rings. The SMILES string of the molecule is COc1ccc(OCCN(C)C(=O)c2n[nH]c(=O)c3ccccc23)cc1. The van der Waals surface area contributed by atoms with E-state index in [0.717, 1.165) is 5.75 Å². The van der Waals surface area contributed by atoms with Crippen molar-refractivity contribution in [2.24, 2.45) is 0 Å². The number of likely N-dealkylation sites (N-methyl/N-ethyl adjacent to an activating group) is 1. The van der Waals surface area contributed by atoms with E-state index in [2.05, 4.69) is 10.2 Å². The molecule has 0 aliphatic heterocycles. The molecule has 0 saturated carbocycles. The smallest absolute Gasteiger partial charge is 0.274 e. The van der Waals surface area contributed by atoms with E-state index in [-0.39, 0.29) is 17.2 Å². The maximum Gasteiger partial charge on any atom is 0.274 e. The van der Waals surface area contributed by atoms with Gasteiger partial charge in [-0.15, -0.1) is 0 Å². The van der Waals surface area contributed by atoms with E-state index in [9.17, 15) is 9.59 Å². The Bertz CT molecular complexity index is 966. The molecule has 1 heterocycles. The van der Waals surface area contributed by atoms with Crippen molar-refractivity contribution in [2.75, 3.05) is 27.3 Å². The molecule has 7 heteroatoms.